The van der Waals surface area contributed by atoms with Crippen molar-refractivity contribution in [3.63, 3.8) is 0 Å². The molecule has 0 saturated carbocycles. The highest BCUT2D eigenvalue weighted by molar-refractivity contribution is 5.98. The lowest BCUT2D eigenvalue weighted by atomic mass is 10.1. The molecule has 0 aliphatic heterocycles. The van der Waals surface area contributed by atoms with Crippen LogP contribution in [0.1, 0.15) is 28.0 Å². The number of fused-ring (bicyclic) bond motifs is 1. The number of terminal acetylenes is 1. The van der Waals surface area contributed by atoms with E-state index in [0.29, 0.717) is 0 Å². The van der Waals surface area contributed by atoms with E-state index in [9.17, 15) is 9.59 Å². The molecule has 0 bridgehead atoms. The minimum Gasteiger partial charge on any atom is -0.480 e. The molecule has 0 radical (unpaired) electrons. The fourth-order valence-corrected chi connectivity index (χ4v) is 2.36. The molecule has 0 unspecified atom stereocenters. The van der Waals surface area contributed by atoms with Crippen molar-refractivity contribution in [1.82, 2.24) is 4.98 Å². The van der Waals surface area contributed by atoms with E-state index in [1.807, 2.05) is 0 Å². The number of primary amides is 1. The van der Waals surface area contributed by atoms with Gasteiger partial charge >= 0.3 is 5.97 Å². The van der Waals surface area contributed by atoms with Gasteiger partial charge in [-0.05, 0) is 30.9 Å². The number of aromatic nitrogens is 1. The molecule has 104 valence electrons. The number of hydrogen-bond acceptors (Lipinski definition) is 4. The van der Waals surface area contributed by atoms with Gasteiger partial charge in [0.25, 0.3) is 5.91 Å². The normalized spacial score (nSPS) is 12.6. The fraction of sp³-hybridized carbons (Fsp3) is 0.357. The summed E-state index contributed by atoms with van der Waals surface area (Å²) in [6, 6.07) is 1.71. The van der Waals surface area contributed by atoms with Crippen LogP contribution in [0.4, 0.5) is 5.82 Å². The molecule has 0 spiro atoms. The van der Waals surface area contributed by atoms with Crippen LogP contribution in [-0.4, -0.2) is 35.1 Å². The molecule has 20 heavy (non-hydrogen) atoms. The Morgan fingerprint density at radius 1 is 1.50 bits per heavy atom. The number of amides is 1. The van der Waals surface area contributed by atoms with Gasteiger partial charge in [-0.3, -0.25) is 9.59 Å². The zero-order chi connectivity index (χ0) is 14.7. The number of aliphatic carboxylic acids is 1. The van der Waals surface area contributed by atoms with Crippen LogP contribution < -0.4 is 10.6 Å². The number of carbonyl (C=O) groups is 2. The van der Waals surface area contributed by atoms with Gasteiger partial charge in [-0.2, -0.15) is 0 Å². The molecule has 1 aromatic rings. The zero-order valence-corrected chi connectivity index (χ0v) is 10.9. The Bertz CT molecular complexity index is 604. The van der Waals surface area contributed by atoms with E-state index in [1.165, 1.54) is 4.90 Å². The minimum atomic E-state index is -1.04. The number of carbonyl (C=O) groups excluding carboxylic acids is 1. The number of carboxylic acids is 1. The molecule has 0 saturated heterocycles. The van der Waals surface area contributed by atoms with Gasteiger partial charge in [-0.15, -0.1) is 6.42 Å². The summed E-state index contributed by atoms with van der Waals surface area (Å²) in [5.41, 5.74) is 7.48. The molecule has 6 nitrogen and oxygen atoms in total. The van der Waals surface area contributed by atoms with E-state index in [-0.39, 0.29) is 24.5 Å². The molecule has 2 rings (SSSR count). The van der Waals surface area contributed by atoms with Crippen molar-refractivity contribution < 1.29 is 14.7 Å². The Morgan fingerprint density at radius 3 is 2.85 bits per heavy atom. The van der Waals surface area contributed by atoms with Crippen molar-refractivity contribution in [1.29, 1.82) is 0 Å². The van der Waals surface area contributed by atoms with E-state index in [4.69, 9.17) is 17.3 Å². The molecular formula is C14H15N3O3. The van der Waals surface area contributed by atoms with Crippen LogP contribution in [0.3, 0.4) is 0 Å². The predicted octanol–water partition coefficient (Wildman–Crippen LogP) is 0.193. The Morgan fingerprint density at radius 2 is 2.25 bits per heavy atom. The Balaban J connectivity index is 2.49. The average molecular weight is 273 g/mol. The van der Waals surface area contributed by atoms with Crippen molar-refractivity contribution in [2.45, 2.75) is 19.3 Å². The van der Waals surface area contributed by atoms with Crippen LogP contribution >= 0.6 is 0 Å². The first-order chi connectivity index (χ1) is 9.52. The standard InChI is InChI=1S/C14H15N3O3/c1-2-6-17(8-12(18)19)14-10(13(15)20)7-9-4-3-5-11(9)16-14/h1,7H,3-6,8H2,(H2,15,20)(H,18,19). The molecule has 0 aromatic carbocycles. The monoisotopic (exact) mass is 273 g/mol. The summed E-state index contributed by atoms with van der Waals surface area (Å²) in [5.74, 6) is 0.965. The third kappa shape index (κ3) is 2.72. The van der Waals surface area contributed by atoms with E-state index < -0.39 is 11.9 Å². The lowest BCUT2D eigenvalue weighted by molar-refractivity contribution is -0.135. The second-order valence-corrected chi connectivity index (χ2v) is 4.64. The number of nitrogens with zero attached hydrogens (tertiary/aromatic N) is 2. The maximum atomic E-state index is 11.6. The van der Waals surface area contributed by atoms with Crippen molar-refractivity contribution in [2.75, 3.05) is 18.0 Å². The maximum Gasteiger partial charge on any atom is 0.323 e. The fourth-order valence-electron chi connectivity index (χ4n) is 2.36. The van der Waals surface area contributed by atoms with Crippen LogP contribution in [0.25, 0.3) is 0 Å². The number of carboxylic acid groups (broad SMARTS) is 1. The van der Waals surface area contributed by atoms with Gasteiger partial charge in [0.1, 0.15) is 12.4 Å². The summed E-state index contributed by atoms with van der Waals surface area (Å²) in [4.78, 5) is 28.3. The maximum absolute atomic E-state index is 11.6. The van der Waals surface area contributed by atoms with Crippen LogP contribution in [-0.2, 0) is 17.6 Å². The first kappa shape index (κ1) is 13.9. The topological polar surface area (TPSA) is 96.5 Å². The zero-order valence-electron chi connectivity index (χ0n) is 10.9. The van der Waals surface area contributed by atoms with Crippen LogP contribution in [0.2, 0.25) is 0 Å². The molecule has 1 aliphatic carbocycles. The molecule has 3 N–H and O–H groups in total. The molecule has 1 heterocycles. The third-order valence-corrected chi connectivity index (χ3v) is 3.20. The quantitative estimate of drug-likeness (QED) is 0.747. The summed E-state index contributed by atoms with van der Waals surface area (Å²) >= 11 is 0. The van der Waals surface area contributed by atoms with E-state index in [0.717, 1.165) is 30.5 Å². The summed E-state index contributed by atoms with van der Waals surface area (Å²) in [7, 11) is 0. The number of nitrogens with two attached hydrogens (primary N) is 1. The second kappa shape index (κ2) is 5.61. The van der Waals surface area contributed by atoms with Crippen LogP contribution in [0.5, 0.6) is 0 Å². The summed E-state index contributed by atoms with van der Waals surface area (Å²) in [5, 5.41) is 8.94. The first-order valence-electron chi connectivity index (χ1n) is 6.25. The third-order valence-electron chi connectivity index (χ3n) is 3.20. The van der Waals surface area contributed by atoms with E-state index in [2.05, 4.69) is 10.9 Å². The predicted molar refractivity (Wildman–Crippen MR) is 73.5 cm³/mol. The summed E-state index contributed by atoms with van der Waals surface area (Å²) in [6.45, 7) is -0.269. The minimum absolute atomic E-state index is 0.0539. The van der Waals surface area contributed by atoms with Gasteiger partial charge in [0.2, 0.25) is 0 Å². The van der Waals surface area contributed by atoms with Crippen molar-refractivity contribution in [3.05, 3.63) is 22.9 Å². The smallest absolute Gasteiger partial charge is 0.323 e. The van der Waals surface area contributed by atoms with Crippen molar-refractivity contribution >= 4 is 17.7 Å². The number of aryl methyl sites for hydroxylation is 2. The van der Waals surface area contributed by atoms with Gasteiger partial charge < -0.3 is 15.7 Å². The van der Waals surface area contributed by atoms with Crippen LogP contribution in [0.15, 0.2) is 6.07 Å². The lowest BCUT2D eigenvalue weighted by Crippen LogP contribution is -2.33. The Labute approximate surface area is 116 Å². The van der Waals surface area contributed by atoms with Gasteiger partial charge in [0.15, 0.2) is 0 Å². The molecular weight excluding hydrogens is 258 g/mol. The van der Waals surface area contributed by atoms with E-state index in [1.54, 1.807) is 6.07 Å². The molecule has 6 heteroatoms. The highest BCUT2D eigenvalue weighted by Crippen LogP contribution is 2.27. The number of anilines is 1. The molecule has 0 atom stereocenters. The van der Waals surface area contributed by atoms with Gasteiger partial charge in [-0.25, -0.2) is 4.98 Å². The van der Waals surface area contributed by atoms with Gasteiger partial charge in [-0.1, -0.05) is 5.92 Å². The number of rotatable bonds is 5. The largest absolute Gasteiger partial charge is 0.480 e. The highest BCUT2D eigenvalue weighted by atomic mass is 16.4. The number of pyridine rings is 1. The van der Waals surface area contributed by atoms with Crippen LogP contribution in [0, 0.1) is 12.3 Å². The Kier molecular flexibility index (Phi) is 3.89. The summed E-state index contributed by atoms with van der Waals surface area (Å²) in [6.07, 6.45) is 7.90. The molecule has 1 amide bonds. The second-order valence-electron chi connectivity index (χ2n) is 4.64. The summed E-state index contributed by atoms with van der Waals surface area (Å²) < 4.78 is 0. The first-order valence-corrected chi connectivity index (χ1v) is 6.25. The Hall–Kier alpha value is -2.55. The number of hydrogen-bond donors (Lipinski definition) is 2. The van der Waals surface area contributed by atoms with Crippen molar-refractivity contribution in [2.24, 2.45) is 5.73 Å². The van der Waals surface area contributed by atoms with Gasteiger partial charge in [0.05, 0.1) is 12.1 Å². The SMILES string of the molecule is C#CCN(CC(=O)O)c1nc2c(cc1C(N)=O)CCC2. The highest BCUT2D eigenvalue weighted by Gasteiger charge is 2.23. The molecule has 1 aliphatic rings. The lowest BCUT2D eigenvalue weighted by Gasteiger charge is -2.22. The average Bonchev–Trinajstić information content (AvgIpc) is 2.83. The molecule has 0 fully saturated rings. The van der Waals surface area contributed by atoms with Crippen molar-refractivity contribution in [3.8, 4) is 12.3 Å². The van der Waals surface area contributed by atoms with E-state index >= 15 is 0 Å². The molecule has 1 aromatic heterocycles. The van der Waals surface area contributed by atoms with Gasteiger partial charge in [0, 0.05) is 5.69 Å².